The van der Waals surface area contributed by atoms with Crippen molar-refractivity contribution in [2.45, 2.75) is 26.2 Å². The number of benzene rings is 2. The van der Waals surface area contributed by atoms with Crippen LogP contribution in [0.5, 0.6) is 0 Å². The van der Waals surface area contributed by atoms with Crippen molar-refractivity contribution in [3.05, 3.63) is 64.7 Å². The van der Waals surface area contributed by atoms with Crippen molar-refractivity contribution in [3.63, 3.8) is 0 Å². The summed E-state index contributed by atoms with van der Waals surface area (Å²) in [5.41, 5.74) is 2.94. The lowest BCUT2D eigenvalue weighted by Crippen LogP contribution is -2.15. The molecule has 3 heteroatoms. The molecular formula is C17H18ClNO. The largest absolute Gasteiger partial charge is 0.326 e. The molecule has 0 bridgehead atoms. The zero-order valence-electron chi connectivity index (χ0n) is 11.7. The Bertz CT molecular complexity index is 607. The summed E-state index contributed by atoms with van der Waals surface area (Å²) in [5, 5.41) is 3.63. The van der Waals surface area contributed by atoms with Gasteiger partial charge in [0.2, 0.25) is 5.91 Å². The Labute approximate surface area is 124 Å². The molecule has 0 aliphatic heterocycles. The van der Waals surface area contributed by atoms with Gasteiger partial charge in [0.15, 0.2) is 0 Å². The number of carbonyl (C=O) groups is 1. The van der Waals surface area contributed by atoms with Crippen LogP contribution in [-0.2, 0) is 11.2 Å². The maximum Gasteiger partial charge on any atom is 0.228 e. The first kappa shape index (κ1) is 14.6. The van der Waals surface area contributed by atoms with Crippen LogP contribution in [0.1, 0.15) is 30.9 Å². The minimum atomic E-state index is -0.0274. The van der Waals surface area contributed by atoms with Crippen LogP contribution in [0.2, 0.25) is 5.02 Å². The highest BCUT2D eigenvalue weighted by atomic mass is 35.5. The predicted molar refractivity (Wildman–Crippen MR) is 84.3 cm³/mol. The van der Waals surface area contributed by atoms with E-state index in [0.717, 1.165) is 16.8 Å². The molecule has 0 spiro atoms. The number of amides is 1. The Morgan fingerprint density at radius 1 is 1.15 bits per heavy atom. The fraction of sp³-hybridized carbons (Fsp3) is 0.235. The van der Waals surface area contributed by atoms with Gasteiger partial charge in [-0.3, -0.25) is 4.79 Å². The van der Waals surface area contributed by atoms with Gasteiger partial charge in [0.25, 0.3) is 0 Å². The molecule has 2 rings (SSSR count). The number of anilines is 1. The summed E-state index contributed by atoms with van der Waals surface area (Å²) in [6.45, 7) is 4.23. The molecule has 2 aromatic carbocycles. The summed E-state index contributed by atoms with van der Waals surface area (Å²) in [6, 6.07) is 15.3. The van der Waals surface area contributed by atoms with E-state index in [9.17, 15) is 4.79 Å². The van der Waals surface area contributed by atoms with Gasteiger partial charge in [0.1, 0.15) is 0 Å². The van der Waals surface area contributed by atoms with Crippen LogP contribution in [0.3, 0.4) is 0 Å². The molecular weight excluding hydrogens is 270 g/mol. The van der Waals surface area contributed by atoms with Gasteiger partial charge in [-0.25, -0.2) is 0 Å². The van der Waals surface area contributed by atoms with Crippen LogP contribution in [-0.4, -0.2) is 5.91 Å². The molecule has 0 aliphatic rings. The molecule has 2 aromatic rings. The fourth-order valence-electron chi connectivity index (χ4n) is 2.14. The second kappa shape index (κ2) is 6.58. The molecule has 1 N–H and O–H groups in total. The van der Waals surface area contributed by atoms with E-state index in [-0.39, 0.29) is 5.91 Å². The first-order chi connectivity index (χ1) is 9.56. The van der Waals surface area contributed by atoms with E-state index >= 15 is 0 Å². The first-order valence-corrected chi connectivity index (χ1v) is 7.07. The van der Waals surface area contributed by atoms with Crippen molar-refractivity contribution in [1.82, 2.24) is 0 Å². The van der Waals surface area contributed by atoms with Crippen molar-refractivity contribution in [1.29, 1.82) is 0 Å². The molecule has 20 heavy (non-hydrogen) atoms. The summed E-state index contributed by atoms with van der Waals surface area (Å²) in [7, 11) is 0. The van der Waals surface area contributed by atoms with E-state index in [1.807, 2.05) is 42.5 Å². The normalized spacial score (nSPS) is 10.6. The van der Waals surface area contributed by atoms with E-state index in [1.165, 1.54) is 0 Å². The molecule has 0 heterocycles. The Morgan fingerprint density at radius 3 is 2.60 bits per heavy atom. The van der Waals surface area contributed by atoms with Crippen LogP contribution in [0.4, 0.5) is 5.69 Å². The zero-order chi connectivity index (χ0) is 14.5. The third kappa shape index (κ3) is 3.84. The maximum absolute atomic E-state index is 12.1. The molecule has 0 aliphatic carbocycles. The highest BCUT2D eigenvalue weighted by molar-refractivity contribution is 6.30. The Balaban J connectivity index is 2.09. The molecule has 104 valence electrons. The molecule has 0 saturated heterocycles. The number of rotatable bonds is 4. The number of carbonyl (C=O) groups excluding carboxylic acids is 1. The van der Waals surface area contributed by atoms with Crippen LogP contribution >= 0.6 is 11.6 Å². The molecule has 0 aromatic heterocycles. The second-order valence-electron chi connectivity index (χ2n) is 5.10. The lowest BCUT2D eigenvalue weighted by atomic mass is 10.0. The molecule has 2 nitrogen and oxygen atoms in total. The van der Waals surface area contributed by atoms with Gasteiger partial charge in [0.05, 0.1) is 6.42 Å². The molecule has 0 unspecified atom stereocenters. The molecule has 0 saturated carbocycles. The molecule has 1 amide bonds. The minimum absolute atomic E-state index is 0.0274. The van der Waals surface area contributed by atoms with Gasteiger partial charge >= 0.3 is 0 Å². The minimum Gasteiger partial charge on any atom is -0.326 e. The van der Waals surface area contributed by atoms with Gasteiger partial charge in [0, 0.05) is 10.7 Å². The van der Waals surface area contributed by atoms with E-state index in [2.05, 4.69) is 19.2 Å². The number of hydrogen-bond donors (Lipinski definition) is 1. The molecule has 0 fully saturated rings. The quantitative estimate of drug-likeness (QED) is 0.872. The van der Waals surface area contributed by atoms with Crippen LogP contribution in [0.25, 0.3) is 0 Å². The maximum atomic E-state index is 12.1. The van der Waals surface area contributed by atoms with Crippen molar-refractivity contribution in [2.75, 3.05) is 5.32 Å². The third-order valence-electron chi connectivity index (χ3n) is 3.11. The monoisotopic (exact) mass is 287 g/mol. The van der Waals surface area contributed by atoms with Gasteiger partial charge in [-0.2, -0.15) is 0 Å². The van der Waals surface area contributed by atoms with Crippen molar-refractivity contribution in [3.8, 4) is 0 Å². The summed E-state index contributed by atoms with van der Waals surface area (Å²) in [6.07, 6.45) is 0.326. The standard InChI is InChI=1S/C17H18ClNO/c1-12(2)15-8-3-4-9-16(15)19-17(20)11-13-6-5-7-14(18)10-13/h3-10,12H,11H2,1-2H3,(H,19,20). The second-order valence-corrected chi connectivity index (χ2v) is 5.53. The lowest BCUT2D eigenvalue weighted by molar-refractivity contribution is -0.115. The number of halogens is 1. The van der Waals surface area contributed by atoms with Crippen LogP contribution in [0.15, 0.2) is 48.5 Å². The van der Waals surface area contributed by atoms with Gasteiger partial charge in [-0.1, -0.05) is 55.8 Å². The summed E-state index contributed by atoms with van der Waals surface area (Å²) >= 11 is 5.92. The van der Waals surface area contributed by atoms with Crippen molar-refractivity contribution < 1.29 is 4.79 Å². The predicted octanol–water partition coefficient (Wildman–Crippen LogP) is 4.64. The van der Waals surface area contributed by atoms with Crippen LogP contribution < -0.4 is 5.32 Å². The SMILES string of the molecule is CC(C)c1ccccc1NC(=O)Cc1cccc(Cl)c1. The van der Waals surface area contributed by atoms with Gasteiger partial charge < -0.3 is 5.32 Å². The van der Waals surface area contributed by atoms with Gasteiger partial charge in [-0.05, 0) is 35.2 Å². The lowest BCUT2D eigenvalue weighted by Gasteiger charge is -2.13. The van der Waals surface area contributed by atoms with Gasteiger partial charge in [-0.15, -0.1) is 0 Å². The average Bonchev–Trinajstić information content (AvgIpc) is 2.38. The smallest absolute Gasteiger partial charge is 0.228 e. The molecule has 0 atom stereocenters. The van der Waals surface area contributed by atoms with E-state index in [0.29, 0.717) is 17.4 Å². The van der Waals surface area contributed by atoms with Crippen molar-refractivity contribution in [2.24, 2.45) is 0 Å². The fourth-order valence-corrected chi connectivity index (χ4v) is 2.35. The van der Waals surface area contributed by atoms with Crippen LogP contribution in [0, 0.1) is 0 Å². The zero-order valence-corrected chi connectivity index (χ0v) is 12.4. The summed E-state index contributed by atoms with van der Waals surface area (Å²) in [4.78, 5) is 12.1. The Morgan fingerprint density at radius 2 is 1.90 bits per heavy atom. The average molecular weight is 288 g/mol. The van der Waals surface area contributed by atoms with E-state index < -0.39 is 0 Å². The van der Waals surface area contributed by atoms with E-state index in [4.69, 9.17) is 11.6 Å². The summed E-state index contributed by atoms with van der Waals surface area (Å²) in [5.74, 6) is 0.345. The number of nitrogens with one attached hydrogen (secondary N) is 1. The molecule has 0 radical (unpaired) electrons. The number of para-hydroxylation sites is 1. The third-order valence-corrected chi connectivity index (χ3v) is 3.35. The Hall–Kier alpha value is -1.80. The Kier molecular flexibility index (Phi) is 4.80. The first-order valence-electron chi connectivity index (χ1n) is 6.69. The highest BCUT2D eigenvalue weighted by Gasteiger charge is 2.09. The highest BCUT2D eigenvalue weighted by Crippen LogP contribution is 2.23. The van der Waals surface area contributed by atoms with Crippen molar-refractivity contribution >= 4 is 23.2 Å². The topological polar surface area (TPSA) is 29.1 Å². The van der Waals surface area contributed by atoms with E-state index in [1.54, 1.807) is 6.07 Å². The number of hydrogen-bond acceptors (Lipinski definition) is 1. The summed E-state index contributed by atoms with van der Waals surface area (Å²) < 4.78 is 0.